The van der Waals surface area contributed by atoms with E-state index in [0.29, 0.717) is 5.91 Å². The zero-order valence-corrected chi connectivity index (χ0v) is 19.7. The number of hydrogen-bond donors (Lipinski definition) is 0. The third-order valence-electron chi connectivity index (χ3n) is 8.44. The van der Waals surface area contributed by atoms with Gasteiger partial charge in [-0.15, -0.1) is 0 Å². The highest BCUT2D eigenvalue weighted by molar-refractivity contribution is 5.79. The van der Waals surface area contributed by atoms with Gasteiger partial charge in [0.2, 0.25) is 5.91 Å². The number of para-hydroxylation sites is 1. The fourth-order valence-corrected chi connectivity index (χ4v) is 6.50. The van der Waals surface area contributed by atoms with E-state index in [1.807, 2.05) is 6.20 Å². The molecule has 1 amide bonds. The van der Waals surface area contributed by atoms with E-state index in [2.05, 4.69) is 38.7 Å². The third kappa shape index (κ3) is 3.86. The van der Waals surface area contributed by atoms with Crippen molar-refractivity contribution in [2.45, 2.75) is 69.9 Å². The van der Waals surface area contributed by atoms with E-state index in [9.17, 15) is 4.79 Å². The van der Waals surface area contributed by atoms with Gasteiger partial charge in [0.1, 0.15) is 11.4 Å². The first-order valence-electron chi connectivity index (χ1n) is 13.1. The largest absolute Gasteiger partial charge is 0.482 e. The SMILES string of the molecule is O=C(C1CCCCC1)N1CCC2(CC1)Oc1ccccc1-c1c2cnn1CCN1CCCC1. The van der Waals surface area contributed by atoms with E-state index in [1.54, 1.807) is 0 Å². The summed E-state index contributed by atoms with van der Waals surface area (Å²) in [5.41, 5.74) is 3.21. The standard InChI is InChI=1S/C27H36N4O2/c32-26(21-8-2-1-3-9-21)30-16-12-27(13-17-30)23-20-28-31(19-18-29-14-6-7-15-29)25(23)22-10-4-5-11-24(22)33-27/h4-5,10-11,20-21H,1-3,6-9,12-19H2. The molecule has 0 atom stereocenters. The molecule has 4 aliphatic rings. The van der Waals surface area contributed by atoms with Gasteiger partial charge >= 0.3 is 0 Å². The van der Waals surface area contributed by atoms with Crippen LogP contribution in [-0.4, -0.2) is 58.2 Å². The number of ether oxygens (including phenoxy) is 1. The van der Waals surface area contributed by atoms with Crippen molar-refractivity contribution in [1.29, 1.82) is 0 Å². The Hall–Kier alpha value is -2.34. The van der Waals surface area contributed by atoms with E-state index in [4.69, 9.17) is 9.84 Å². The molecule has 0 N–H and O–H groups in total. The summed E-state index contributed by atoms with van der Waals surface area (Å²) in [5.74, 6) is 1.58. The molecular weight excluding hydrogens is 412 g/mol. The van der Waals surface area contributed by atoms with Gasteiger partial charge in [-0.1, -0.05) is 31.4 Å². The topological polar surface area (TPSA) is 50.6 Å². The Morgan fingerprint density at radius 3 is 2.52 bits per heavy atom. The van der Waals surface area contributed by atoms with Crippen LogP contribution in [0, 0.1) is 5.92 Å². The number of amides is 1. The maximum Gasteiger partial charge on any atom is 0.225 e. The lowest BCUT2D eigenvalue weighted by molar-refractivity contribution is -0.140. The molecule has 1 aromatic carbocycles. The molecule has 3 aliphatic heterocycles. The summed E-state index contributed by atoms with van der Waals surface area (Å²) in [4.78, 5) is 17.8. The number of carbonyl (C=O) groups is 1. The van der Waals surface area contributed by atoms with Crippen molar-refractivity contribution in [2.24, 2.45) is 5.92 Å². The second-order valence-electron chi connectivity index (χ2n) is 10.4. The van der Waals surface area contributed by atoms with Crippen LogP contribution in [0.3, 0.4) is 0 Å². The normalized spacial score (nSPS) is 22.7. The second kappa shape index (κ2) is 8.79. The minimum Gasteiger partial charge on any atom is -0.482 e. The first kappa shape index (κ1) is 21.2. The Balaban J connectivity index is 1.24. The number of hydrogen-bond acceptors (Lipinski definition) is 4. The first-order valence-corrected chi connectivity index (χ1v) is 13.1. The zero-order valence-electron chi connectivity index (χ0n) is 19.7. The lowest BCUT2D eigenvalue weighted by atomic mass is 9.80. The zero-order chi connectivity index (χ0) is 22.3. The Morgan fingerprint density at radius 1 is 0.970 bits per heavy atom. The number of rotatable bonds is 4. The molecule has 0 unspecified atom stereocenters. The predicted molar refractivity (Wildman–Crippen MR) is 128 cm³/mol. The average Bonchev–Trinajstić information content (AvgIpc) is 3.54. The van der Waals surface area contributed by atoms with Crippen LogP contribution >= 0.6 is 0 Å². The van der Waals surface area contributed by atoms with Crippen LogP contribution < -0.4 is 4.74 Å². The lowest BCUT2D eigenvalue weighted by Gasteiger charge is -2.45. The fraction of sp³-hybridized carbons (Fsp3) is 0.630. The predicted octanol–water partition coefficient (Wildman–Crippen LogP) is 4.44. The molecule has 1 aliphatic carbocycles. The summed E-state index contributed by atoms with van der Waals surface area (Å²) in [6.45, 7) is 5.92. The van der Waals surface area contributed by atoms with Crippen molar-refractivity contribution in [3.05, 3.63) is 36.0 Å². The number of fused-ring (bicyclic) bond motifs is 4. The molecule has 4 heterocycles. The number of aromatic nitrogens is 2. The molecule has 6 heteroatoms. The Labute approximate surface area is 196 Å². The molecule has 0 radical (unpaired) electrons. The van der Waals surface area contributed by atoms with Gasteiger partial charge in [-0.25, -0.2) is 0 Å². The third-order valence-corrected chi connectivity index (χ3v) is 8.44. The van der Waals surface area contributed by atoms with Crippen LogP contribution in [0.5, 0.6) is 5.75 Å². The van der Waals surface area contributed by atoms with Crippen LogP contribution in [0.1, 0.15) is 63.4 Å². The van der Waals surface area contributed by atoms with E-state index >= 15 is 0 Å². The van der Waals surface area contributed by atoms with Crippen molar-refractivity contribution in [3.63, 3.8) is 0 Å². The highest BCUT2D eigenvalue weighted by Gasteiger charge is 2.46. The highest BCUT2D eigenvalue weighted by Crippen LogP contribution is 2.49. The molecule has 2 aromatic rings. The van der Waals surface area contributed by atoms with Gasteiger partial charge in [0.05, 0.1) is 18.4 Å². The van der Waals surface area contributed by atoms with Crippen LogP contribution in [-0.2, 0) is 16.9 Å². The first-order chi connectivity index (χ1) is 16.2. The molecule has 1 spiro atoms. The number of carbonyl (C=O) groups excluding carboxylic acids is 1. The summed E-state index contributed by atoms with van der Waals surface area (Å²) in [6.07, 6.45) is 12.2. The Kier molecular flexibility index (Phi) is 5.65. The van der Waals surface area contributed by atoms with E-state index in [0.717, 1.165) is 63.2 Å². The maximum absolute atomic E-state index is 13.1. The molecule has 0 bridgehead atoms. The number of nitrogens with zero attached hydrogens (tertiary/aromatic N) is 4. The van der Waals surface area contributed by atoms with Crippen LogP contribution in [0.4, 0.5) is 0 Å². The highest BCUT2D eigenvalue weighted by atomic mass is 16.5. The van der Waals surface area contributed by atoms with Crippen molar-refractivity contribution in [3.8, 4) is 17.0 Å². The molecule has 1 saturated carbocycles. The molecule has 6 nitrogen and oxygen atoms in total. The molecule has 3 fully saturated rings. The summed E-state index contributed by atoms with van der Waals surface area (Å²) < 4.78 is 8.95. The van der Waals surface area contributed by atoms with Crippen molar-refractivity contribution in [2.75, 3.05) is 32.7 Å². The van der Waals surface area contributed by atoms with Gasteiger partial charge in [0.25, 0.3) is 0 Å². The molecule has 2 saturated heterocycles. The minimum atomic E-state index is -0.376. The number of benzene rings is 1. The monoisotopic (exact) mass is 448 g/mol. The summed E-state index contributed by atoms with van der Waals surface area (Å²) in [5, 5.41) is 4.86. The summed E-state index contributed by atoms with van der Waals surface area (Å²) in [6, 6.07) is 8.41. The maximum atomic E-state index is 13.1. The summed E-state index contributed by atoms with van der Waals surface area (Å²) in [7, 11) is 0. The molecule has 176 valence electrons. The van der Waals surface area contributed by atoms with E-state index in [-0.39, 0.29) is 11.5 Å². The van der Waals surface area contributed by atoms with Crippen molar-refractivity contribution < 1.29 is 9.53 Å². The van der Waals surface area contributed by atoms with Crippen molar-refractivity contribution in [1.82, 2.24) is 19.6 Å². The van der Waals surface area contributed by atoms with Gasteiger partial charge in [-0.2, -0.15) is 5.10 Å². The fourth-order valence-electron chi connectivity index (χ4n) is 6.50. The van der Waals surface area contributed by atoms with Crippen molar-refractivity contribution >= 4 is 5.91 Å². The van der Waals surface area contributed by atoms with Gasteiger partial charge in [0, 0.05) is 49.5 Å². The molecular formula is C27H36N4O2. The van der Waals surface area contributed by atoms with Crippen LogP contribution in [0.25, 0.3) is 11.3 Å². The Bertz CT molecular complexity index is 995. The van der Waals surface area contributed by atoms with E-state index < -0.39 is 0 Å². The smallest absolute Gasteiger partial charge is 0.225 e. The minimum absolute atomic E-state index is 0.240. The second-order valence-corrected chi connectivity index (χ2v) is 10.4. The van der Waals surface area contributed by atoms with Gasteiger partial charge in [-0.05, 0) is 50.9 Å². The average molecular weight is 449 g/mol. The number of likely N-dealkylation sites (tertiary alicyclic amines) is 2. The number of piperidine rings is 1. The Morgan fingerprint density at radius 2 is 1.73 bits per heavy atom. The molecule has 33 heavy (non-hydrogen) atoms. The van der Waals surface area contributed by atoms with Crippen LogP contribution in [0.2, 0.25) is 0 Å². The quantitative estimate of drug-likeness (QED) is 0.694. The van der Waals surface area contributed by atoms with E-state index in [1.165, 1.54) is 56.5 Å². The molecule has 1 aromatic heterocycles. The van der Waals surface area contributed by atoms with Gasteiger partial charge < -0.3 is 14.5 Å². The van der Waals surface area contributed by atoms with Gasteiger partial charge in [-0.3, -0.25) is 9.48 Å². The van der Waals surface area contributed by atoms with Gasteiger partial charge in [0.15, 0.2) is 0 Å². The van der Waals surface area contributed by atoms with Crippen LogP contribution in [0.15, 0.2) is 30.5 Å². The lowest BCUT2D eigenvalue weighted by Crippen LogP contribution is -2.50. The molecule has 6 rings (SSSR count). The summed E-state index contributed by atoms with van der Waals surface area (Å²) >= 11 is 0.